The van der Waals surface area contributed by atoms with Gasteiger partial charge in [-0.3, -0.25) is 4.79 Å². The van der Waals surface area contributed by atoms with Gasteiger partial charge in [0.25, 0.3) is 0 Å². The van der Waals surface area contributed by atoms with Crippen LogP contribution in [0.3, 0.4) is 0 Å². The molecule has 2 rings (SSSR count). The number of benzene rings is 1. The molecule has 20 heavy (non-hydrogen) atoms. The summed E-state index contributed by atoms with van der Waals surface area (Å²) in [5, 5.41) is 0. The Kier molecular flexibility index (Phi) is 4.51. The number of carbonyl (C=O) groups excluding carboxylic acids is 1. The lowest BCUT2D eigenvalue weighted by Gasteiger charge is -2.25. The van der Waals surface area contributed by atoms with E-state index in [4.69, 9.17) is 0 Å². The van der Waals surface area contributed by atoms with Crippen molar-refractivity contribution in [2.45, 2.75) is 23.8 Å². The van der Waals surface area contributed by atoms with E-state index in [1.54, 1.807) is 38.4 Å². The first-order valence-corrected chi connectivity index (χ1v) is 8.56. The third-order valence-electron chi connectivity index (χ3n) is 3.35. The molecule has 1 aromatic rings. The minimum absolute atomic E-state index is 0.168. The van der Waals surface area contributed by atoms with E-state index >= 15 is 0 Å². The molecule has 0 radical (unpaired) electrons. The number of amides is 1. The number of rotatable bonds is 3. The number of hydrogen-bond donors (Lipinski definition) is 0. The first kappa shape index (κ1) is 15.5. The molecule has 0 N–H and O–H groups in total. The van der Waals surface area contributed by atoms with E-state index in [0.717, 1.165) is 0 Å². The van der Waals surface area contributed by atoms with Gasteiger partial charge < -0.3 is 4.90 Å². The second-order valence-electron chi connectivity index (χ2n) is 4.94. The van der Waals surface area contributed by atoms with Crippen molar-refractivity contribution in [2.24, 2.45) is 0 Å². The van der Waals surface area contributed by atoms with Crippen molar-refractivity contribution in [3.63, 3.8) is 0 Å². The molecule has 0 spiro atoms. The maximum Gasteiger partial charge on any atom is 0.244 e. The van der Waals surface area contributed by atoms with Gasteiger partial charge in [0.15, 0.2) is 0 Å². The number of sulfonamides is 1. The van der Waals surface area contributed by atoms with Crippen LogP contribution < -0.4 is 0 Å². The quantitative estimate of drug-likeness (QED) is 0.823. The molecule has 1 aliphatic rings. The van der Waals surface area contributed by atoms with E-state index in [2.05, 4.69) is 15.9 Å². The van der Waals surface area contributed by atoms with Crippen LogP contribution in [0.1, 0.15) is 12.8 Å². The summed E-state index contributed by atoms with van der Waals surface area (Å²) in [6.45, 7) is 0.383. The average Bonchev–Trinajstić information content (AvgIpc) is 2.87. The molecule has 1 saturated heterocycles. The summed E-state index contributed by atoms with van der Waals surface area (Å²) in [7, 11) is -0.373. The molecular weight excluding hydrogens is 344 g/mol. The highest BCUT2D eigenvalue weighted by Gasteiger charge is 2.40. The molecule has 1 heterocycles. The van der Waals surface area contributed by atoms with Gasteiger partial charge in [-0.25, -0.2) is 8.42 Å². The van der Waals surface area contributed by atoms with Gasteiger partial charge in [0.1, 0.15) is 6.04 Å². The normalized spacial score (nSPS) is 20.1. The zero-order chi connectivity index (χ0) is 14.9. The number of likely N-dealkylation sites (N-methyl/N-ethyl adjacent to an activating group) is 1. The molecule has 1 aliphatic heterocycles. The highest BCUT2D eigenvalue weighted by atomic mass is 79.9. The molecule has 1 amide bonds. The zero-order valence-electron chi connectivity index (χ0n) is 11.4. The van der Waals surface area contributed by atoms with Gasteiger partial charge >= 0.3 is 0 Å². The van der Waals surface area contributed by atoms with Crippen molar-refractivity contribution in [2.75, 3.05) is 20.6 Å². The van der Waals surface area contributed by atoms with Crippen molar-refractivity contribution in [3.8, 4) is 0 Å². The predicted octanol–water partition coefficient (Wildman–Crippen LogP) is 1.69. The number of carbonyl (C=O) groups is 1. The van der Waals surface area contributed by atoms with Crippen molar-refractivity contribution in [1.82, 2.24) is 9.21 Å². The Balaban J connectivity index is 2.39. The molecule has 5 nitrogen and oxygen atoms in total. The Labute approximate surface area is 127 Å². The maximum absolute atomic E-state index is 12.7. The first-order valence-electron chi connectivity index (χ1n) is 6.33. The third-order valence-corrected chi connectivity index (χ3v) is 6.27. The van der Waals surface area contributed by atoms with Crippen LogP contribution in [0.5, 0.6) is 0 Å². The number of hydrogen-bond acceptors (Lipinski definition) is 3. The number of nitrogens with zero attached hydrogens (tertiary/aromatic N) is 2. The summed E-state index contributed by atoms with van der Waals surface area (Å²) < 4.78 is 27.3. The van der Waals surface area contributed by atoms with E-state index < -0.39 is 16.1 Å². The Morgan fingerprint density at radius 2 is 2.00 bits per heavy atom. The van der Waals surface area contributed by atoms with E-state index in [1.165, 1.54) is 9.21 Å². The van der Waals surface area contributed by atoms with E-state index in [0.29, 0.717) is 23.9 Å². The summed E-state index contributed by atoms with van der Waals surface area (Å²) in [6.07, 6.45) is 1.27. The first-order chi connectivity index (χ1) is 9.35. The third kappa shape index (κ3) is 2.75. The van der Waals surface area contributed by atoms with Crippen LogP contribution in [-0.4, -0.2) is 50.2 Å². The highest BCUT2D eigenvalue weighted by molar-refractivity contribution is 9.10. The highest BCUT2D eigenvalue weighted by Crippen LogP contribution is 2.30. The minimum Gasteiger partial charge on any atom is -0.347 e. The van der Waals surface area contributed by atoms with Gasteiger partial charge in [-0.2, -0.15) is 4.31 Å². The van der Waals surface area contributed by atoms with Crippen molar-refractivity contribution in [3.05, 3.63) is 28.7 Å². The zero-order valence-corrected chi connectivity index (χ0v) is 13.8. The molecule has 1 fully saturated rings. The monoisotopic (exact) mass is 360 g/mol. The van der Waals surface area contributed by atoms with Crippen LogP contribution >= 0.6 is 15.9 Å². The summed E-state index contributed by atoms with van der Waals surface area (Å²) in [6, 6.07) is 6.08. The molecular formula is C13H17BrN2O3S. The summed E-state index contributed by atoms with van der Waals surface area (Å²) in [5.74, 6) is -0.168. The fourth-order valence-corrected chi connectivity index (χ4v) is 4.97. The lowest BCUT2D eigenvalue weighted by atomic mass is 10.2. The molecule has 1 aromatic carbocycles. The standard InChI is InChI=1S/C13H17BrN2O3S/c1-15(2)13(17)11-7-5-9-16(11)20(18,19)12-8-4-3-6-10(12)14/h3-4,6,8,11H,5,7,9H2,1-2H3. The molecule has 110 valence electrons. The Hall–Kier alpha value is -0.920. The van der Waals surface area contributed by atoms with E-state index in [1.807, 2.05) is 0 Å². The molecule has 0 aliphatic carbocycles. The second-order valence-corrected chi connectivity index (χ2v) is 7.65. The van der Waals surface area contributed by atoms with Crippen LogP contribution in [0.4, 0.5) is 0 Å². The van der Waals surface area contributed by atoms with Gasteiger partial charge in [-0.15, -0.1) is 0 Å². The van der Waals surface area contributed by atoms with Gasteiger partial charge in [-0.05, 0) is 40.9 Å². The smallest absolute Gasteiger partial charge is 0.244 e. The Morgan fingerprint density at radius 1 is 1.35 bits per heavy atom. The fraction of sp³-hybridized carbons (Fsp3) is 0.462. The summed E-state index contributed by atoms with van der Waals surface area (Å²) in [5.41, 5.74) is 0. The molecule has 0 bridgehead atoms. The van der Waals surface area contributed by atoms with Crippen LogP contribution in [-0.2, 0) is 14.8 Å². The average molecular weight is 361 g/mol. The van der Waals surface area contributed by atoms with Crippen LogP contribution in [0.15, 0.2) is 33.6 Å². The number of halogens is 1. The molecule has 0 saturated carbocycles. The van der Waals surface area contributed by atoms with Crippen LogP contribution in [0.25, 0.3) is 0 Å². The van der Waals surface area contributed by atoms with Crippen LogP contribution in [0, 0.1) is 0 Å². The molecule has 7 heteroatoms. The van der Waals surface area contributed by atoms with Gasteiger partial charge in [0.2, 0.25) is 15.9 Å². The van der Waals surface area contributed by atoms with Gasteiger partial charge in [-0.1, -0.05) is 12.1 Å². The minimum atomic E-state index is -3.66. The fourth-order valence-electron chi connectivity index (χ4n) is 2.35. The maximum atomic E-state index is 12.7. The summed E-state index contributed by atoms with van der Waals surface area (Å²) in [4.78, 5) is 13.8. The van der Waals surface area contributed by atoms with Gasteiger partial charge in [0, 0.05) is 25.1 Å². The second kappa shape index (κ2) is 5.83. The van der Waals surface area contributed by atoms with Gasteiger partial charge in [0.05, 0.1) is 4.90 Å². The summed E-state index contributed by atoms with van der Waals surface area (Å²) >= 11 is 3.26. The molecule has 1 atom stereocenters. The SMILES string of the molecule is CN(C)C(=O)C1CCCN1S(=O)(=O)c1ccccc1Br. The largest absolute Gasteiger partial charge is 0.347 e. The lowest BCUT2D eigenvalue weighted by Crippen LogP contribution is -2.45. The van der Waals surface area contributed by atoms with E-state index in [9.17, 15) is 13.2 Å². The van der Waals surface area contributed by atoms with E-state index in [-0.39, 0.29) is 10.8 Å². The molecule has 0 aromatic heterocycles. The van der Waals surface area contributed by atoms with Crippen molar-refractivity contribution in [1.29, 1.82) is 0 Å². The Bertz CT molecular complexity index is 616. The lowest BCUT2D eigenvalue weighted by molar-refractivity contribution is -0.132. The topological polar surface area (TPSA) is 57.7 Å². The van der Waals surface area contributed by atoms with Crippen molar-refractivity contribution < 1.29 is 13.2 Å². The van der Waals surface area contributed by atoms with Crippen LogP contribution in [0.2, 0.25) is 0 Å². The van der Waals surface area contributed by atoms with Crippen molar-refractivity contribution >= 4 is 31.9 Å². The molecule has 1 unspecified atom stereocenters. The Morgan fingerprint density at radius 3 is 2.60 bits per heavy atom. The predicted molar refractivity (Wildman–Crippen MR) is 79.7 cm³/mol.